The third kappa shape index (κ3) is 3.00. The predicted octanol–water partition coefficient (Wildman–Crippen LogP) is 2.34. The molecule has 0 aliphatic carbocycles. The zero-order valence-electron chi connectivity index (χ0n) is 10.4. The predicted molar refractivity (Wildman–Crippen MR) is 69.5 cm³/mol. The molecule has 0 saturated heterocycles. The van der Waals surface area contributed by atoms with Gasteiger partial charge in [-0.15, -0.1) is 0 Å². The summed E-state index contributed by atoms with van der Waals surface area (Å²) in [4.78, 5) is 27.3. The summed E-state index contributed by atoms with van der Waals surface area (Å²) in [6.45, 7) is 1.81. The van der Waals surface area contributed by atoms with Crippen LogP contribution in [0.2, 0.25) is 0 Å². The number of rotatable bonds is 5. The average Bonchev–Trinajstić information content (AvgIpc) is 3.04. The van der Waals surface area contributed by atoms with Gasteiger partial charge < -0.3 is 14.5 Å². The molecule has 0 aliphatic heterocycles. The standard InChI is InChI=1S/C12H12N2O4S/c1-7(15)10-9(11(16)17-2)14-12(19-10)13-6-8-4-3-5-18-8/h3-5H,6H2,1-2H3,(H,13,14). The molecule has 0 fully saturated rings. The highest BCUT2D eigenvalue weighted by Gasteiger charge is 2.21. The molecule has 0 aliphatic rings. The molecule has 100 valence electrons. The molecule has 1 N–H and O–H groups in total. The molecular formula is C12H12N2O4S. The highest BCUT2D eigenvalue weighted by atomic mass is 32.1. The number of ketones is 1. The van der Waals surface area contributed by atoms with Crippen molar-refractivity contribution in [3.05, 3.63) is 34.7 Å². The third-order valence-electron chi connectivity index (χ3n) is 2.32. The molecule has 0 amide bonds. The maximum absolute atomic E-state index is 11.5. The highest BCUT2D eigenvalue weighted by Crippen LogP contribution is 2.24. The molecule has 0 saturated carbocycles. The average molecular weight is 280 g/mol. The Labute approximate surface area is 113 Å². The summed E-state index contributed by atoms with van der Waals surface area (Å²) in [5.74, 6) is -0.101. The Bertz CT molecular complexity index is 589. The molecule has 2 aromatic heterocycles. The van der Waals surface area contributed by atoms with Crippen molar-refractivity contribution in [2.75, 3.05) is 12.4 Å². The van der Waals surface area contributed by atoms with Gasteiger partial charge in [0.1, 0.15) is 10.6 Å². The Hall–Kier alpha value is -2.15. The molecule has 0 radical (unpaired) electrons. The first-order chi connectivity index (χ1) is 9.11. The second-order valence-electron chi connectivity index (χ2n) is 3.68. The first-order valence-corrected chi connectivity index (χ1v) is 6.29. The number of hydrogen-bond donors (Lipinski definition) is 1. The van der Waals surface area contributed by atoms with E-state index in [0.717, 1.165) is 17.1 Å². The smallest absolute Gasteiger partial charge is 0.358 e. The van der Waals surface area contributed by atoms with Gasteiger partial charge in [0.05, 0.1) is 19.9 Å². The number of hydrogen-bond acceptors (Lipinski definition) is 7. The minimum atomic E-state index is -0.618. The van der Waals surface area contributed by atoms with Gasteiger partial charge in [0.25, 0.3) is 0 Å². The zero-order valence-corrected chi connectivity index (χ0v) is 11.2. The van der Waals surface area contributed by atoms with E-state index in [2.05, 4.69) is 15.0 Å². The Kier molecular flexibility index (Phi) is 3.96. The Morgan fingerprint density at radius 3 is 2.89 bits per heavy atom. The normalized spacial score (nSPS) is 10.2. The maximum atomic E-state index is 11.5. The van der Waals surface area contributed by atoms with Crippen LogP contribution in [0.25, 0.3) is 0 Å². The Morgan fingerprint density at radius 2 is 2.32 bits per heavy atom. The molecule has 0 atom stereocenters. The fourth-order valence-electron chi connectivity index (χ4n) is 1.45. The van der Waals surface area contributed by atoms with Crippen molar-refractivity contribution in [2.24, 2.45) is 0 Å². The number of nitrogens with zero attached hydrogens (tertiary/aromatic N) is 1. The molecule has 2 heterocycles. The molecule has 19 heavy (non-hydrogen) atoms. The number of methoxy groups -OCH3 is 1. The summed E-state index contributed by atoms with van der Waals surface area (Å²) < 4.78 is 9.76. The first-order valence-electron chi connectivity index (χ1n) is 5.48. The zero-order chi connectivity index (χ0) is 13.8. The molecule has 0 bridgehead atoms. The number of Topliss-reactive ketones (excluding diaryl/α,β-unsaturated/α-hetero) is 1. The molecule has 0 unspecified atom stereocenters. The van der Waals surface area contributed by atoms with Crippen LogP contribution in [0.5, 0.6) is 0 Å². The van der Waals surface area contributed by atoms with Crippen LogP contribution in [-0.2, 0) is 11.3 Å². The molecular weight excluding hydrogens is 268 g/mol. The van der Waals surface area contributed by atoms with Gasteiger partial charge in [-0.1, -0.05) is 11.3 Å². The summed E-state index contributed by atoms with van der Waals surface area (Å²) in [7, 11) is 1.25. The van der Waals surface area contributed by atoms with Crippen molar-refractivity contribution in [1.82, 2.24) is 4.98 Å². The van der Waals surface area contributed by atoms with Gasteiger partial charge in [-0.2, -0.15) is 0 Å². The summed E-state index contributed by atoms with van der Waals surface area (Å²) >= 11 is 1.12. The number of nitrogens with one attached hydrogen (secondary N) is 1. The van der Waals surface area contributed by atoms with Crippen LogP contribution in [0.1, 0.15) is 32.8 Å². The lowest BCUT2D eigenvalue weighted by atomic mass is 10.3. The fraction of sp³-hybridized carbons (Fsp3) is 0.250. The minimum absolute atomic E-state index is 0.0435. The van der Waals surface area contributed by atoms with E-state index in [1.807, 2.05) is 6.07 Å². The van der Waals surface area contributed by atoms with Crippen molar-refractivity contribution in [3.8, 4) is 0 Å². The lowest BCUT2D eigenvalue weighted by molar-refractivity contribution is 0.0591. The number of ether oxygens (including phenoxy) is 1. The van der Waals surface area contributed by atoms with E-state index >= 15 is 0 Å². The van der Waals surface area contributed by atoms with Crippen molar-refractivity contribution < 1.29 is 18.7 Å². The highest BCUT2D eigenvalue weighted by molar-refractivity contribution is 7.17. The van der Waals surface area contributed by atoms with Crippen LogP contribution < -0.4 is 5.32 Å². The van der Waals surface area contributed by atoms with Crippen LogP contribution in [-0.4, -0.2) is 23.8 Å². The van der Waals surface area contributed by atoms with Gasteiger partial charge in [0, 0.05) is 6.92 Å². The van der Waals surface area contributed by atoms with Crippen molar-refractivity contribution in [2.45, 2.75) is 13.5 Å². The van der Waals surface area contributed by atoms with Crippen LogP contribution in [0.3, 0.4) is 0 Å². The second-order valence-corrected chi connectivity index (χ2v) is 4.68. The number of anilines is 1. The van der Waals surface area contributed by atoms with E-state index in [-0.39, 0.29) is 16.4 Å². The van der Waals surface area contributed by atoms with Gasteiger partial charge in [0.15, 0.2) is 16.6 Å². The summed E-state index contributed by atoms with van der Waals surface area (Å²) in [5.41, 5.74) is 0.0435. The largest absolute Gasteiger partial charge is 0.467 e. The van der Waals surface area contributed by atoms with Gasteiger partial charge in [-0.25, -0.2) is 9.78 Å². The minimum Gasteiger partial charge on any atom is -0.467 e. The van der Waals surface area contributed by atoms with Crippen LogP contribution >= 0.6 is 11.3 Å². The van der Waals surface area contributed by atoms with E-state index in [1.54, 1.807) is 12.3 Å². The van der Waals surface area contributed by atoms with Gasteiger partial charge in [-0.3, -0.25) is 4.79 Å². The summed E-state index contributed by atoms with van der Waals surface area (Å²) in [5, 5.41) is 3.47. The number of thiazole rings is 1. The second kappa shape index (κ2) is 5.66. The van der Waals surface area contributed by atoms with Gasteiger partial charge >= 0.3 is 5.97 Å². The number of carbonyl (C=O) groups excluding carboxylic acids is 2. The van der Waals surface area contributed by atoms with E-state index in [9.17, 15) is 9.59 Å². The summed E-state index contributed by atoms with van der Waals surface area (Å²) in [6.07, 6.45) is 1.57. The number of furan rings is 1. The third-order valence-corrected chi connectivity index (χ3v) is 3.43. The number of carbonyl (C=O) groups is 2. The van der Waals surface area contributed by atoms with Crippen molar-refractivity contribution >= 4 is 28.2 Å². The molecule has 0 spiro atoms. The molecule has 2 rings (SSSR count). The van der Waals surface area contributed by atoms with E-state index in [4.69, 9.17) is 4.42 Å². The van der Waals surface area contributed by atoms with Crippen LogP contribution in [0, 0.1) is 0 Å². The molecule has 6 nitrogen and oxygen atoms in total. The molecule has 7 heteroatoms. The van der Waals surface area contributed by atoms with E-state index in [0.29, 0.717) is 11.7 Å². The first kappa shape index (κ1) is 13.3. The Balaban J connectivity index is 2.17. The fourth-order valence-corrected chi connectivity index (χ4v) is 2.29. The lowest BCUT2D eigenvalue weighted by Crippen LogP contribution is -2.07. The maximum Gasteiger partial charge on any atom is 0.358 e. The number of esters is 1. The van der Waals surface area contributed by atoms with Gasteiger partial charge in [-0.05, 0) is 12.1 Å². The van der Waals surface area contributed by atoms with Crippen LogP contribution in [0.15, 0.2) is 22.8 Å². The SMILES string of the molecule is COC(=O)c1nc(NCc2ccco2)sc1C(C)=O. The van der Waals surface area contributed by atoms with E-state index in [1.165, 1.54) is 14.0 Å². The quantitative estimate of drug-likeness (QED) is 0.668. The van der Waals surface area contributed by atoms with E-state index < -0.39 is 5.97 Å². The van der Waals surface area contributed by atoms with Crippen molar-refractivity contribution in [3.63, 3.8) is 0 Å². The topological polar surface area (TPSA) is 81.4 Å². The molecule has 2 aromatic rings. The Morgan fingerprint density at radius 1 is 1.53 bits per heavy atom. The summed E-state index contributed by atoms with van der Waals surface area (Å²) in [6, 6.07) is 3.59. The lowest BCUT2D eigenvalue weighted by Gasteiger charge is -1.98. The van der Waals surface area contributed by atoms with Crippen molar-refractivity contribution in [1.29, 1.82) is 0 Å². The monoisotopic (exact) mass is 280 g/mol. The molecule has 0 aromatic carbocycles. The van der Waals surface area contributed by atoms with Gasteiger partial charge in [0.2, 0.25) is 0 Å². The number of aromatic nitrogens is 1. The van der Waals surface area contributed by atoms with Crippen LogP contribution in [0.4, 0.5) is 5.13 Å².